The summed E-state index contributed by atoms with van der Waals surface area (Å²) in [7, 11) is 0. The standard InChI is InChI=1S/C20H20N2OS/c1-2-3-7-15-10-12-17(13-11-15)21-20-22-19(23)18(24-20)14-16-8-5-4-6-9-16/h4-6,8-14H,2-3,7H2,1H3,(H,21,22,23)/b18-14-. The van der Waals surface area contributed by atoms with E-state index in [2.05, 4.69) is 29.4 Å². The maximum absolute atomic E-state index is 12.1. The van der Waals surface area contributed by atoms with Crippen LogP contribution in [0.15, 0.2) is 64.5 Å². The summed E-state index contributed by atoms with van der Waals surface area (Å²) in [5.41, 5.74) is 3.20. The average molecular weight is 336 g/mol. The van der Waals surface area contributed by atoms with Gasteiger partial charge in [0.25, 0.3) is 5.91 Å². The van der Waals surface area contributed by atoms with Crippen LogP contribution in [0.5, 0.6) is 0 Å². The molecule has 3 nitrogen and oxygen atoms in total. The topological polar surface area (TPSA) is 41.5 Å². The third kappa shape index (κ3) is 4.36. The minimum atomic E-state index is -0.0952. The summed E-state index contributed by atoms with van der Waals surface area (Å²) >= 11 is 1.38. The van der Waals surface area contributed by atoms with Gasteiger partial charge in [0.05, 0.1) is 10.6 Å². The van der Waals surface area contributed by atoms with Crippen molar-refractivity contribution in [2.24, 2.45) is 4.99 Å². The smallest absolute Gasteiger partial charge is 0.264 e. The molecule has 24 heavy (non-hydrogen) atoms. The van der Waals surface area contributed by atoms with Gasteiger partial charge in [-0.15, -0.1) is 0 Å². The number of hydrogen-bond acceptors (Lipinski definition) is 3. The quantitative estimate of drug-likeness (QED) is 0.787. The van der Waals surface area contributed by atoms with Crippen molar-refractivity contribution in [1.82, 2.24) is 5.32 Å². The highest BCUT2D eigenvalue weighted by Crippen LogP contribution is 2.28. The van der Waals surface area contributed by atoms with E-state index >= 15 is 0 Å². The van der Waals surface area contributed by atoms with Gasteiger partial charge in [0.2, 0.25) is 0 Å². The van der Waals surface area contributed by atoms with E-state index in [1.807, 2.05) is 48.5 Å². The summed E-state index contributed by atoms with van der Waals surface area (Å²) in [6.07, 6.45) is 5.38. The zero-order chi connectivity index (χ0) is 16.8. The van der Waals surface area contributed by atoms with Gasteiger partial charge in [-0.1, -0.05) is 55.8 Å². The SMILES string of the molecule is CCCCc1ccc(N=C2NC(=O)/C(=C/c3ccccc3)S2)cc1. The van der Waals surface area contributed by atoms with Crippen LogP contribution in [0.4, 0.5) is 5.69 Å². The number of amidine groups is 1. The molecule has 1 N–H and O–H groups in total. The summed E-state index contributed by atoms with van der Waals surface area (Å²) in [6, 6.07) is 18.1. The highest BCUT2D eigenvalue weighted by Gasteiger charge is 2.23. The Morgan fingerprint density at radius 3 is 2.54 bits per heavy atom. The Morgan fingerprint density at radius 1 is 1.08 bits per heavy atom. The average Bonchev–Trinajstić information content (AvgIpc) is 2.94. The number of unbranched alkanes of at least 4 members (excludes halogenated alkanes) is 1. The highest BCUT2D eigenvalue weighted by atomic mass is 32.2. The number of rotatable bonds is 5. The number of carbonyl (C=O) groups is 1. The van der Waals surface area contributed by atoms with Crippen LogP contribution < -0.4 is 5.32 Å². The molecule has 0 saturated carbocycles. The molecule has 0 atom stereocenters. The molecule has 3 rings (SSSR count). The van der Waals surface area contributed by atoms with Gasteiger partial charge in [0.1, 0.15) is 0 Å². The van der Waals surface area contributed by atoms with Gasteiger partial charge in [0, 0.05) is 0 Å². The lowest BCUT2D eigenvalue weighted by Crippen LogP contribution is -2.19. The van der Waals surface area contributed by atoms with Crippen LogP contribution in [-0.2, 0) is 11.2 Å². The number of carbonyl (C=O) groups excluding carboxylic acids is 1. The van der Waals surface area contributed by atoms with Crippen molar-refractivity contribution in [2.45, 2.75) is 26.2 Å². The fraction of sp³-hybridized carbons (Fsp3) is 0.200. The van der Waals surface area contributed by atoms with E-state index in [1.54, 1.807) is 0 Å². The predicted octanol–water partition coefficient (Wildman–Crippen LogP) is 4.92. The largest absolute Gasteiger partial charge is 0.300 e. The second-order valence-electron chi connectivity index (χ2n) is 5.66. The normalized spacial score (nSPS) is 17.5. The van der Waals surface area contributed by atoms with Crippen LogP contribution >= 0.6 is 11.8 Å². The van der Waals surface area contributed by atoms with E-state index in [4.69, 9.17) is 0 Å². The number of aliphatic imine (C=N–C) groups is 1. The monoisotopic (exact) mass is 336 g/mol. The number of hydrogen-bond donors (Lipinski definition) is 1. The maximum Gasteiger partial charge on any atom is 0.264 e. The molecule has 0 aliphatic carbocycles. The minimum Gasteiger partial charge on any atom is -0.300 e. The third-order valence-electron chi connectivity index (χ3n) is 3.73. The number of amides is 1. The lowest BCUT2D eigenvalue weighted by atomic mass is 10.1. The Kier molecular flexibility index (Phi) is 5.49. The van der Waals surface area contributed by atoms with Crippen LogP contribution in [-0.4, -0.2) is 11.1 Å². The van der Waals surface area contributed by atoms with Crippen molar-refractivity contribution >= 4 is 34.6 Å². The molecule has 0 aromatic heterocycles. The first-order valence-corrected chi connectivity index (χ1v) is 9.00. The predicted molar refractivity (Wildman–Crippen MR) is 102 cm³/mol. The number of aryl methyl sites for hydroxylation is 1. The first-order valence-electron chi connectivity index (χ1n) is 8.18. The Bertz CT molecular complexity index is 764. The summed E-state index contributed by atoms with van der Waals surface area (Å²) in [4.78, 5) is 17.3. The number of benzene rings is 2. The Balaban J connectivity index is 1.71. The molecule has 1 saturated heterocycles. The maximum atomic E-state index is 12.1. The molecule has 1 fully saturated rings. The molecule has 122 valence electrons. The van der Waals surface area contributed by atoms with Crippen LogP contribution in [0, 0.1) is 0 Å². The van der Waals surface area contributed by atoms with Crippen molar-refractivity contribution in [3.05, 3.63) is 70.6 Å². The van der Waals surface area contributed by atoms with Crippen molar-refractivity contribution in [3.63, 3.8) is 0 Å². The molecule has 1 aliphatic heterocycles. The Morgan fingerprint density at radius 2 is 1.83 bits per heavy atom. The van der Waals surface area contributed by atoms with E-state index in [1.165, 1.54) is 30.2 Å². The molecule has 0 spiro atoms. The van der Waals surface area contributed by atoms with E-state index < -0.39 is 0 Å². The summed E-state index contributed by atoms with van der Waals surface area (Å²) in [6.45, 7) is 2.20. The van der Waals surface area contributed by atoms with E-state index in [9.17, 15) is 4.79 Å². The molecule has 1 aliphatic rings. The zero-order valence-corrected chi connectivity index (χ0v) is 14.5. The van der Waals surface area contributed by atoms with Crippen molar-refractivity contribution in [2.75, 3.05) is 0 Å². The van der Waals surface area contributed by atoms with Gasteiger partial charge in [-0.05, 0) is 53.9 Å². The van der Waals surface area contributed by atoms with E-state index in [0.29, 0.717) is 10.1 Å². The summed E-state index contributed by atoms with van der Waals surface area (Å²) in [5.74, 6) is -0.0952. The molecule has 2 aromatic rings. The lowest BCUT2D eigenvalue weighted by molar-refractivity contribution is -0.115. The van der Waals surface area contributed by atoms with Crippen molar-refractivity contribution in [3.8, 4) is 0 Å². The van der Waals surface area contributed by atoms with Crippen LogP contribution in [0.1, 0.15) is 30.9 Å². The Hall–Kier alpha value is -2.33. The van der Waals surface area contributed by atoms with E-state index in [-0.39, 0.29) is 5.91 Å². The number of thioether (sulfide) groups is 1. The molecule has 0 unspecified atom stereocenters. The third-order valence-corrected chi connectivity index (χ3v) is 4.64. The molecular formula is C20H20N2OS. The molecule has 1 heterocycles. The second kappa shape index (κ2) is 7.97. The van der Waals surface area contributed by atoms with Crippen LogP contribution in [0.3, 0.4) is 0 Å². The van der Waals surface area contributed by atoms with Gasteiger partial charge >= 0.3 is 0 Å². The van der Waals surface area contributed by atoms with Crippen LogP contribution in [0.25, 0.3) is 6.08 Å². The molecule has 0 radical (unpaired) electrons. The van der Waals surface area contributed by atoms with Crippen molar-refractivity contribution in [1.29, 1.82) is 0 Å². The summed E-state index contributed by atoms with van der Waals surface area (Å²) < 4.78 is 0. The lowest BCUT2D eigenvalue weighted by Gasteiger charge is -2.01. The molecular weight excluding hydrogens is 316 g/mol. The molecule has 1 amide bonds. The second-order valence-corrected chi connectivity index (χ2v) is 6.69. The van der Waals surface area contributed by atoms with Crippen LogP contribution in [0.2, 0.25) is 0 Å². The van der Waals surface area contributed by atoms with Gasteiger partial charge in [-0.25, -0.2) is 4.99 Å². The number of nitrogens with zero attached hydrogens (tertiary/aromatic N) is 1. The van der Waals surface area contributed by atoms with Gasteiger partial charge in [0.15, 0.2) is 5.17 Å². The summed E-state index contributed by atoms with van der Waals surface area (Å²) in [5, 5.41) is 3.46. The fourth-order valence-corrected chi connectivity index (χ4v) is 3.26. The Labute approximate surface area is 146 Å². The molecule has 4 heteroatoms. The van der Waals surface area contributed by atoms with Gasteiger partial charge in [-0.2, -0.15) is 0 Å². The molecule has 0 bridgehead atoms. The zero-order valence-electron chi connectivity index (χ0n) is 13.7. The minimum absolute atomic E-state index is 0.0952. The highest BCUT2D eigenvalue weighted by molar-refractivity contribution is 8.18. The molecule has 2 aromatic carbocycles. The number of nitrogens with one attached hydrogen (secondary N) is 1. The van der Waals surface area contributed by atoms with E-state index in [0.717, 1.165) is 17.7 Å². The van der Waals surface area contributed by atoms with Gasteiger partial charge in [-0.3, -0.25) is 4.79 Å². The fourth-order valence-electron chi connectivity index (χ4n) is 2.42. The van der Waals surface area contributed by atoms with Gasteiger partial charge < -0.3 is 5.32 Å². The first kappa shape index (κ1) is 16.5. The van der Waals surface area contributed by atoms with Crippen molar-refractivity contribution < 1.29 is 4.79 Å². The first-order chi connectivity index (χ1) is 11.7.